The van der Waals surface area contributed by atoms with Gasteiger partial charge < -0.3 is 13.7 Å². The molecule has 0 bridgehead atoms. The summed E-state index contributed by atoms with van der Waals surface area (Å²) in [6.45, 7) is 1.87. The Hall–Kier alpha value is -5.09. The van der Waals surface area contributed by atoms with Crippen LogP contribution in [0.5, 0.6) is 0 Å². The van der Waals surface area contributed by atoms with Crippen LogP contribution >= 0.6 is 0 Å². The second-order valence-electron chi connectivity index (χ2n) is 10.4. The fraction of sp³-hybridized carbons (Fsp3) is 0.0571. The molecule has 0 fully saturated rings. The van der Waals surface area contributed by atoms with Gasteiger partial charge in [-0.25, -0.2) is 0 Å². The van der Waals surface area contributed by atoms with Crippen molar-refractivity contribution in [2.45, 2.75) is 6.92 Å². The monoisotopic (exact) mass is 503 g/mol. The lowest BCUT2D eigenvalue weighted by atomic mass is 10.1. The Kier molecular flexibility index (Phi) is 4.48. The van der Waals surface area contributed by atoms with Crippen molar-refractivity contribution >= 4 is 54.5 Å². The van der Waals surface area contributed by atoms with Crippen molar-refractivity contribution in [1.29, 1.82) is 0 Å². The van der Waals surface area contributed by atoms with Crippen LogP contribution in [-0.2, 0) is 7.05 Å². The molecule has 4 heteroatoms. The number of fused-ring (bicyclic) bond motifs is 7. The third kappa shape index (κ3) is 3.03. The van der Waals surface area contributed by atoms with E-state index in [0.29, 0.717) is 0 Å². The Morgan fingerprint density at radius 3 is 1.59 bits per heavy atom. The van der Waals surface area contributed by atoms with Crippen molar-refractivity contribution in [2.75, 3.05) is 0 Å². The van der Waals surface area contributed by atoms with Gasteiger partial charge in [-0.1, -0.05) is 54.6 Å². The molecule has 0 aliphatic heterocycles. The smallest absolute Gasteiger partial charge is 0.192 e. The molecule has 3 heterocycles. The first-order valence-electron chi connectivity index (χ1n) is 13.2. The maximum Gasteiger partial charge on any atom is 0.192 e. The number of para-hydroxylation sites is 3. The molecular formula is C35H25N3O. The van der Waals surface area contributed by atoms with E-state index in [2.05, 4.69) is 112 Å². The van der Waals surface area contributed by atoms with Crippen molar-refractivity contribution in [3.63, 3.8) is 0 Å². The van der Waals surface area contributed by atoms with Crippen LogP contribution in [0, 0.1) is 6.92 Å². The van der Waals surface area contributed by atoms with E-state index < -0.39 is 0 Å². The van der Waals surface area contributed by atoms with Crippen molar-refractivity contribution < 1.29 is 0 Å². The molecule has 0 saturated heterocycles. The van der Waals surface area contributed by atoms with Gasteiger partial charge in [0.25, 0.3) is 0 Å². The van der Waals surface area contributed by atoms with Gasteiger partial charge >= 0.3 is 0 Å². The summed E-state index contributed by atoms with van der Waals surface area (Å²) >= 11 is 0. The average Bonchev–Trinajstić information content (AvgIpc) is 3.48. The van der Waals surface area contributed by atoms with Crippen LogP contribution in [0.2, 0.25) is 0 Å². The summed E-state index contributed by atoms with van der Waals surface area (Å²) in [6.07, 6.45) is 1.92. The molecule has 3 aromatic heterocycles. The third-order valence-electron chi connectivity index (χ3n) is 8.10. The van der Waals surface area contributed by atoms with Gasteiger partial charge in [0.15, 0.2) is 5.43 Å². The first-order chi connectivity index (χ1) is 19.1. The summed E-state index contributed by atoms with van der Waals surface area (Å²) in [5.41, 5.74) is 8.63. The zero-order valence-electron chi connectivity index (χ0n) is 21.7. The molecule has 0 spiro atoms. The van der Waals surface area contributed by atoms with Crippen LogP contribution in [0.1, 0.15) is 5.56 Å². The summed E-state index contributed by atoms with van der Waals surface area (Å²) in [7, 11) is 2.00. The zero-order chi connectivity index (χ0) is 26.2. The van der Waals surface area contributed by atoms with Crippen molar-refractivity contribution in [1.82, 2.24) is 13.7 Å². The second-order valence-corrected chi connectivity index (χ2v) is 10.4. The third-order valence-corrected chi connectivity index (χ3v) is 8.10. The number of nitrogens with zero attached hydrogens (tertiary/aromatic N) is 3. The van der Waals surface area contributed by atoms with Crippen molar-refractivity contribution in [3.05, 3.63) is 131 Å². The van der Waals surface area contributed by atoms with Crippen LogP contribution in [0.3, 0.4) is 0 Å². The Morgan fingerprint density at radius 2 is 0.974 bits per heavy atom. The molecule has 0 atom stereocenters. The lowest BCUT2D eigenvalue weighted by Gasteiger charge is -2.12. The second kappa shape index (κ2) is 7.95. The van der Waals surface area contributed by atoms with E-state index in [1.165, 1.54) is 32.6 Å². The quantitative estimate of drug-likeness (QED) is 0.235. The molecule has 0 saturated carbocycles. The van der Waals surface area contributed by atoms with Crippen LogP contribution < -0.4 is 5.43 Å². The molecule has 0 unspecified atom stereocenters. The zero-order valence-corrected chi connectivity index (χ0v) is 21.7. The molecule has 39 heavy (non-hydrogen) atoms. The maximum absolute atomic E-state index is 12.8. The van der Waals surface area contributed by atoms with Crippen molar-refractivity contribution in [2.24, 2.45) is 7.05 Å². The van der Waals surface area contributed by atoms with Gasteiger partial charge in [-0.05, 0) is 61.5 Å². The number of hydrogen-bond donors (Lipinski definition) is 0. The molecule has 0 N–H and O–H groups in total. The van der Waals surface area contributed by atoms with E-state index in [0.717, 1.165) is 38.9 Å². The highest BCUT2D eigenvalue weighted by Crippen LogP contribution is 2.37. The lowest BCUT2D eigenvalue weighted by molar-refractivity contribution is 0.937. The van der Waals surface area contributed by atoms with Crippen LogP contribution in [0.15, 0.2) is 120 Å². The molecule has 0 amide bonds. The SMILES string of the molecule is Cc1cn(C)c2cc(-n3c4ccccc4c4cc(-n5c6ccccc6c6ccccc65)ccc43)ccc2c1=O. The minimum Gasteiger partial charge on any atom is -0.350 e. The average molecular weight is 504 g/mol. The fourth-order valence-electron chi connectivity index (χ4n) is 6.35. The van der Waals surface area contributed by atoms with Gasteiger partial charge in [0.05, 0.1) is 27.6 Å². The summed E-state index contributed by atoms with van der Waals surface area (Å²) in [4.78, 5) is 12.8. The summed E-state index contributed by atoms with van der Waals surface area (Å²) in [6, 6.07) is 38.7. The maximum atomic E-state index is 12.8. The predicted octanol–water partition coefficient (Wildman–Crippen LogP) is 8.04. The topological polar surface area (TPSA) is 31.9 Å². The molecule has 8 aromatic rings. The van der Waals surface area contributed by atoms with Gasteiger partial charge in [-0.2, -0.15) is 0 Å². The number of benzene rings is 5. The largest absolute Gasteiger partial charge is 0.350 e. The normalized spacial score (nSPS) is 11.9. The molecule has 0 aliphatic rings. The highest BCUT2D eigenvalue weighted by molar-refractivity contribution is 6.12. The van der Waals surface area contributed by atoms with Crippen LogP contribution in [-0.4, -0.2) is 13.7 Å². The van der Waals surface area contributed by atoms with Gasteiger partial charge in [-0.15, -0.1) is 0 Å². The highest BCUT2D eigenvalue weighted by atomic mass is 16.1. The van der Waals surface area contributed by atoms with Gasteiger partial charge in [-0.3, -0.25) is 4.79 Å². The highest BCUT2D eigenvalue weighted by Gasteiger charge is 2.17. The summed E-state index contributed by atoms with van der Waals surface area (Å²) < 4.78 is 6.72. The number of rotatable bonds is 2. The number of aryl methyl sites for hydroxylation is 2. The summed E-state index contributed by atoms with van der Waals surface area (Å²) in [5, 5.41) is 5.66. The fourth-order valence-corrected chi connectivity index (χ4v) is 6.35. The predicted molar refractivity (Wildman–Crippen MR) is 163 cm³/mol. The van der Waals surface area contributed by atoms with E-state index in [1.54, 1.807) is 0 Å². The number of hydrogen-bond acceptors (Lipinski definition) is 1. The van der Waals surface area contributed by atoms with Gasteiger partial charge in [0, 0.05) is 57.1 Å². The Labute approximate surface area is 224 Å². The molecule has 0 aliphatic carbocycles. The van der Waals surface area contributed by atoms with Crippen molar-refractivity contribution in [3.8, 4) is 11.4 Å². The lowest BCUT2D eigenvalue weighted by Crippen LogP contribution is -2.10. The molecule has 186 valence electrons. The van der Waals surface area contributed by atoms with E-state index in [1.807, 2.05) is 30.8 Å². The molecule has 8 rings (SSSR count). The van der Waals surface area contributed by atoms with E-state index >= 15 is 0 Å². The first kappa shape index (κ1) is 21.9. The molecule has 4 nitrogen and oxygen atoms in total. The number of aromatic nitrogens is 3. The minimum absolute atomic E-state index is 0.0905. The van der Waals surface area contributed by atoms with Crippen LogP contribution in [0.4, 0.5) is 0 Å². The minimum atomic E-state index is 0.0905. The van der Waals surface area contributed by atoms with Gasteiger partial charge in [0.2, 0.25) is 0 Å². The van der Waals surface area contributed by atoms with E-state index in [9.17, 15) is 4.79 Å². The Balaban J connectivity index is 1.43. The molecule has 0 radical (unpaired) electrons. The standard InChI is InChI=1S/C35H25N3O/c1-22-21-36(2)34-20-24(15-17-28(34)35(22)39)38-32-14-8-5-11-27(32)29-19-23(16-18-33(29)38)37-30-12-6-3-9-25(30)26-10-4-7-13-31(26)37/h3-21H,1-2H3. The Morgan fingerprint density at radius 1 is 0.487 bits per heavy atom. The summed E-state index contributed by atoms with van der Waals surface area (Å²) in [5.74, 6) is 0. The molecule has 5 aromatic carbocycles. The van der Waals surface area contributed by atoms with E-state index in [-0.39, 0.29) is 5.43 Å². The van der Waals surface area contributed by atoms with Crippen LogP contribution in [0.25, 0.3) is 65.9 Å². The first-order valence-corrected chi connectivity index (χ1v) is 13.2. The van der Waals surface area contributed by atoms with Gasteiger partial charge in [0.1, 0.15) is 0 Å². The Bertz CT molecular complexity index is 2280. The molecular weight excluding hydrogens is 478 g/mol. The number of pyridine rings is 1. The van der Waals surface area contributed by atoms with E-state index in [4.69, 9.17) is 0 Å².